The highest BCUT2D eigenvalue weighted by Crippen LogP contribution is 2.35. The maximum absolute atomic E-state index is 6.30. The second kappa shape index (κ2) is 5.77. The van der Waals surface area contributed by atoms with Crippen molar-refractivity contribution in [1.29, 1.82) is 0 Å². The molecule has 0 aliphatic rings. The first-order chi connectivity index (χ1) is 11.2. The van der Waals surface area contributed by atoms with Gasteiger partial charge in [-0.15, -0.1) is 0 Å². The molecule has 0 radical (unpaired) electrons. The molecule has 0 aliphatic heterocycles. The van der Waals surface area contributed by atoms with Gasteiger partial charge in [-0.2, -0.15) is 0 Å². The number of benzene rings is 4. The van der Waals surface area contributed by atoms with E-state index in [1.165, 1.54) is 21.5 Å². The smallest absolute Gasteiger partial charge is 0.0655 e. The zero-order valence-corrected chi connectivity index (χ0v) is 13.7. The van der Waals surface area contributed by atoms with Crippen LogP contribution >= 0.6 is 23.2 Å². The minimum Gasteiger partial charge on any atom is -0.354 e. The van der Waals surface area contributed by atoms with E-state index in [1.54, 1.807) is 6.07 Å². The predicted molar refractivity (Wildman–Crippen MR) is 101 cm³/mol. The lowest BCUT2D eigenvalue weighted by atomic mass is 10.0. The summed E-state index contributed by atoms with van der Waals surface area (Å²) in [5.41, 5.74) is 1.88. The topological polar surface area (TPSA) is 12.0 Å². The lowest BCUT2D eigenvalue weighted by Crippen LogP contribution is -1.93. The average Bonchev–Trinajstić information content (AvgIpc) is 2.57. The maximum atomic E-state index is 6.30. The van der Waals surface area contributed by atoms with Crippen LogP contribution in [0.4, 0.5) is 11.4 Å². The van der Waals surface area contributed by atoms with Gasteiger partial charge in [0.25, 0.3) is 0 Å². The molecule has 0 fully saturated rings. The van der Waals surface area contributed by atoms with Crippen molar-refractivity contribution in [3.05, 3.63) is 82.8 Å². The van der Waals surface area contributed by atoms with Crippen molar-refractivity contribution in [3.8, 4) is 0 Å². The molecular formula is C20H13Cl2N. The standard InChI is InChI=1S/C20H13Cl2N/c21-15-10-11-18(17(22)12-15)23-19-7-3-5-14-9-8-13-4-1-2-6-16(13)20(14)19/h1-12,23H. The number of hydrogen-bond donors (Lipinski definition) is 1. The summed E-state index contributed by atoms with van der Waals surface area (Å²) in [7, 11) is 0. The Morgan fingerprint density at radius 3 is 2.30 bits per heavy atom. The third kappa shape index (κ3) is 2.63. The summed E-state index contributed by atoms with van der Waals surface area (Å²) in [6.45, 7) is 0. The number of rotatable bonds is 2. The van der Waals surface area contributed by atoms with Crippen LogP contribution in [0.2, 0.25) is 10.0 Å². The Morgan fingerprint density at radius 2 is 1.43 bits per heavy atom. The molecule has 0 bridgehead atoms. The van der Waals surface area contributed by atoms with Crippen LogP contribution in [0.15, 0.2) is 72.8 Å². The van der Waals surface area contributed by atoms with Crippen LogP contribution < -0.4 is 5.32 Å². The largest absolute Gasteiger partial charge is 0.354 e. The van der Waals surface area contributed by atoms with Crippen LogP contribution in [0.3, 0.4) is 0 Å². The van der Waals surface area contributed by atoms with E-state index in [4.69, 9.17) is 23.2 Å². The second-order valence-corrected chi connectivity index (χ2v) is 6.28. The Bertz CT molecular complexity index is 1020. The van der Waals surface area contributed by atoms with Crippen molar-refractivity contribution >= 4 is 56.1 Å². The van der Waals surface area contributed by atoms with Crippen molar-refractivity contribution in [3.63, 3.8) is 0 Å². The molecule has 3 heteroatoms. The highest BCUT2D eigenvalue weighted by atomic mass is 35.5. The van der Waals surface area contributed by atoms with Crippen LogP contribution in [0.1, 0.15) is 0 Å². The Labute approximate surface area is 144 Å². The molecule has 0 amide bonds. The highest BCUT2D eigenvalue weighted by molar-refractivity contribution is 6.36. The number of halogens is 2. The van der Waals surface area contributed by atoms with E-state index in [9.17, 15) is 0 Å². The molecule has 0 saturated heterocycles. The summed E-state index contributed by atoms with van der Waals surface area (Å²) < 4.78 is 0. The Morgan fingerprint density at radius 1 is 0.652 bits per heavy atom. The van der Waals surface area contributed by atoms with E-state index in [2.05, 4.69) is 53.8 Å². The zero-order valence-electron chi connectivity index (χ0n) is 12.2. The molecule has 1 N–H and O–H groups in total. The van der Waals surface area contributed by atoms with Gasteiger partial charge in [0, 0.05) is 16.1 Å². The van der Waals surface area contributed by atoms with Gasteiger partial charge >= 0.3 is 0 Å². The summed E-state index contributed by atoms with van der Waals surface area (Å²) in [6, 6.07) is 24.4. The molecule has 0 spiro atoms. The number of nitrogens with one attached hydrogen (secondary N) is 1. The van der Waals surface area contributed by atoms with E-state index in [0.29, 0.717) is 10.0 Å². The van der Waals surface area contributed by atoms with Gasteiger partial charge in [0.1, 0.15) is 0 Å². The molecule has 0 atom stereocenters. The SMILES string of the molecule is Clc1ccc(Nc2cccc3ccc4ccccc4c23)c(Cl)c1. The third-order valence-electron chi connectivity index (χ3n) is 3.97. The van der Waals surface area contributed by atoms with E-state index < -0.39 is 0 Å². The summed E-state index contributed by atoms with van der Waals surface area (Å²) in [5.74, 6) is 0. The molecule has 4 aromatic rings. The van der Waals surface area contributed by atoms with Gasteiger partial charge in [0.2, 0.25) is 0 Å². The molecule has 4 aromatic carbocycles. The summed E-state index contributed by atoms with van der Waals surface area (Å²) in [6.07, 6.45) is 0. The molecule has 0 heterocycles. The van der Waals surface area contributed by atoms with Crippen molar-refractivity contribution in [2.75, 3.05) is 5.32 Å². The number of fused-ring (bicyclic) bond motifs is 3. The molecule has 23 heavy (non-hydrogen) atoms. The Hall–Kier alpha value is -2.22. The predicted octanol–water partition coefficient (Wildman–Crippen LogP) is 7.04. The first-order valence-corrected chi connectivity index (χ1v) is 8.10. The van der Waals surface area contributed by atoms with Gasteiger partial charge in [0.15, 0.2) is 0 Å². The molecule has 0 unspecified atom stereocenters. The van der Waals surface area contributed by atoms with Crippen LogP contribution in [0.5, 0.6) is 0 Å². The molecule has 112 valence electrons. The zero-order chi connectivity index (χ0) is 15.8. The summed E-state index contributed by atoms with van der Waals surface area (Å²) in [4.78, 5) is 0. The molecule has 0 saturated carbocycles. The van der Waals surface area contributed by atoms with Crippen molar-refractivity contribution in [2.24, 2.45) is 0 Å². The van der Waals surface area contributed by atoms with Crippen LogP contribution in [-0.2, 0) is 0 Å². The van der Waals surface area contributed by atoms with E-state index >= 15 is 0 Å². The molecular weight excluding hydrogens is 325 g/mol. The number of anilines is 2. The molecule has 4 rings (SSSR count). The fourth-order valence-corrected chi connectivity index (χ4v) is 3.36. The van der Waals surface area contributed by atoms with Gasteiger partial charge in [-0.25, -0.2) is 0 Å². The lowest BCUT2D eigenvalue weighted by molar-refractivity contribution is 1.58. The minimum absolute atomic E-state index is 0.606. The second-order valence-electron chi connectivity index (χ2n) is 5.44. The minimum atomic E-state index is 0.606. The normalized spacial score (nSPS) is 11.0. The van der Waals surface area contributed by atoms with Crippen molar-refractivity contribution in [2.45, 2.75) is 0 Å². The lowest BCUT2D eigenvalue weighted by Gasteiger charge is -2.13. The van der Waals surface area contributed by atoms with Gasteiger partial charge in [0.05, 0.1) is 10.7 Å². The highest BCUT2D eigenvalue weighted by Gasteiger charge is 2.08. The fourth-order valence-electron chi connectivity index (χ4n) is 2.90. The molecule has 1 nitrogen and oxygen atoms in total. The Kier molecular flexibility index (Phi) is 3.60. The fraction of sp³-hybridized carbons (Fsp3) is 0. The van der Waals surface area contributed by atoms with Crippen LogP contribution in [-0.4, -0.2) is 0 Å². The quantitative estimate of drug-likeness (QED) is 0.386. The van der Waals surface area contributed by atoms with E-state index in [1.807, 2.05) is 18.2 Å². The first kappa shape index (κ1) is 14.4. The van der Waals surface area contributed by atoms with E-state index in [0.717, 1.165) is 11.4 Å². The van der Waals surface area contributed by atoms with Crippen LogP contribution in [0.25, 0.3) is 21.5 Å². The third-order valence-corrected chi connectivity index (χ3v) is 4.52. The summed E-state index contributed by atoms with van der Waals surface area (Å²) >= 11 is 12.3. The first-order valence-electron chi connectivity index (χ1n) is 7.35. The van der Waals surface area contributed by atoms with Gasteiger partial charge in [-0.3, -0.25) is 0 Å². The monoisotopic (exact) mass is 337 g/mol. The number of hydrogen-bond acceptors (Lipinski definition) is 1. The maximum Gasteiger partial charge on any atom is 0.0655 e. The van der Waals surface area contributed by atoms with E-state index in [-0.39, 0.29) is 0 Å². The van der Waals surface area contributed by atoms with Crippen molar-refractivity contribution in [1.82, 2.24) is 0 Å². The van der Waals surface area contributed by atoms with Crippen LogP contribution in [0, 0.1) is 0 Å². The van der Waals surface area contributed by atoms with Gasteiger partial charge < -0.3 is 5.32 Å². The Balaban J connectivity index is 1.94. The van der Waals surface area contributed by atoms with Gasteiger partial charge in [-0.1, -0.05) is 71.7 Å². The molecule has 0 aromatic heterocycles. The molecule has 0 aliphatic carbocycles. The summed E-state index contributed by atoms with van der Waals surface area (Å²) in [5, 5.41) is 9.50. The average molecular weight is 338 g/mol. The van der Waals surface area contributed by atoms with Crippen molar-refractivity contribution < 1.29 is 0 Å². The van der Waals surface area contributed by atoms with Gasteiger partial charge in [-0.05, 0) is 40.4 Å².